The zero-order chi connectivity index (χ0) is 18.1. The number of hydrogen-bond acceptors (Lipinski definition) is 5. The summed E-state index contributed by atoms with van der Waals surface area (Å²) < 4.78 is 20.1. The minimum absolute atomic E-state index is 0.110. The predicted molar refractivity (Wildman–Crippen MR) is 92.3 cm³/mol. The molecule has 0 bridgehead atoms. The number of aryl methyl sites for hydroxylation is 1. The molecule has 4 rings (SSSR count). The van der Waals surface area contributed by atoms with E-state index in [1.54, 1.807) is 19.1 Å². The first-order valence-electron chi connectivity index (χ1n) is 8.43. The van der Waals surface area contributed by atoms with Crippen LogP contribution in [0.25, 0.3) is 0 Å². The van der Waals surface area contributed by atoms with Crippen molar-refractivity contribution in [2.75, 3.05) is 0 Å². The fourth-order valence-corrected chi connectivity index (χ4v) is 3.40. The highest BCUT2D eigenvalue weighted by Gasteiger charge is 2.31. The quantitative estimate of drug-likeness (QED) is 0.722. The number of nitriles is 1. The normalized spacial score (nSPS) is 16.9. The summed E-state index contributed by atoms with van der Waals surface area (Å²) in [6, 6.07) is 14.7. The molecule has 0 aliphatic carbocycles. The van der Waals surface area contributed by atoms with E-state index >= 15 is 0 Å². The molecular weight excluding hydrogens is 331 g/mol. The number of rotatable bonds is 3. The van der Waals surface area contributed by atoms with Gasteiger partial charge < -0.3 is 4.42 Å². The standard InChI is InChI=1S/C20H17FN4O/c1-13-23-24-20(26-13)19-9-15-4-2-3-5-16(15)11-25(19)12-17-7-6-14(10-22)8-18(17)21/h2-8,19H,9,11-12H2,1H3/t19-/m0/s1. The molecule has 0 radical (unpaired) electrons. The SMILES string of the molecule is Cc1nnc([C@@H]2Cc3ccccc3CN2Cc2ccc(C#N)cc2F)o1. The van der Waals surface area contributed by atoms with E-state index in [0.717, 1.165) is 6.42 Å². The lowest BCUT2D eigenvalue weighted by Gasteiger charge is -2.35. The fourth-order valence-electron chi connectivity index (χ4n) is 3.40. The molecule has 0 amide bonds. The third-order valence-electron chi connectivity index (χ3n) is 4.73. The molecule has 0 unspecified atom stereocenters. The molecule has 1 aliphatic heterocycles. The number of hydrogen-bond donors (Lipinski definition) is 0. The minimum atomic E-state index is -0.372. The molecule has 0 N–H and O–H groups in total. The topological polar surface area (TPSA) is 66.0 Å². The number of benzene rings is 2. The van der Waals surface area contributed by atoms with Crippen LogP contribution in [0.15, 0.2) is 46.9 Å². The van der Waals surface area contributed by atoms with Gasteiger partial charge in [0.1, 0.15) is 5.82 Å². The average Bonchev–Trinajstić information content (AvgIpc) is 3.09. The lowest BCUT2D eigenvalue weighted by molar-refractivity contribution is 0.135. The van der Waals surface area contributed by atoms with Crippen molar-refractivity contribution in [2.45, 2.75) is 32.5 Å². The molecule has 0 saturated heterocycles. The summed E-state index contributed by atoms with van der Waals surface area (Å²) >= 11 is 0. The first-order valence-corrected chi connectivity index (χ1v) is 8.43. The fraction of sp³-hybridized carbons (Fsp3) is 0.250. The molecule has 0 saturated carbocycles. The van der Waals surface area contributed by atoms with Gasteiger partial charge in [-0.1, -0.05) is 30.3 Å². The number of nitrogens with zero attached hydrogens (tertiary/aromatic N) is 4. The molecule has 1 aliphatic rings. The lowest BCUT2D eigenvalue weighted by atomic mass is 9.93. The van der Waals surface area contributed by atoms with E-state index in [1.807, 2.05) is 18.2 Å². The Kier molecular flexibility index (Phi) is 4.23. The van der Waals surface area contributed by atoms with Gasteiger partial charge in [-0.3, -0.25) is 4.90 Å². The molecule has 1 atom stereocenters. The monoisotopic (exact) mass is 348 g/mol. The van der Waals surface area contributed by atoms with Crippen molar-refractivity contribution in [2.24, 2.45) is 0 Å². The second kappa shape index (κ2) is 6.70. The van der Waals surface area contributed by atoms with Gasteiger partial charge in [0.2, 0.25) is 11.8 Å². The van der Waals surface area contributed by atoms with E-state index in [2.05, 4.69) is 27.2 Å². The predicted octanol–water partition coefficient (Wildman–Crippen LogP) is 3.69. The molecule has 0 fully saturated rings. The van der Waals surface area contributed by atoms with Crippen LogP contribution in [0, 0.1) is 24.1 Å². The summed E-state index contributed by atoms with van der Waals surface area (Å²) in [5.41, 5.74) is 3.32. The van der Waals surface area contributed by atoms with Crippen LogP contribution < -0.4 is 0 Å². The van der Waals surface area contributed by atoms with E-state index in [9.17, 15) is 4.39 Å². The number of aromatic nitrogens is 2. The summed E-state index contributed by atoms with van der Waals surface area (Å²) in [6.07, 6.45) is 0.732. The van der Waals surface area contributed by atoms with E-state index in [-0.39, 0.29) is 11.9 Å². The molecule has 2 heterocycles. The summed E-state index contributed by atoms with van der Waals surface area (Å²) in [6.45, 7) is 2.83. The van der Waals surface area contributed by atoms with Gasteiger partial charge in [0.15, 0.2) is 0 Å². The van der Waals surface area contributed by atoms with Gasteiger partial charge in [-0.2, -0.15) is 5.26 Å². The molecule has 3 aromatic rings. The van der Waals surface area contributed by atoms with Gasteiger partial charge in [-0.25, -0.2) is 4.39 Å². The highest BCUT2D eigenvalue weighted by molar-refractivity contribution is 5.34. The summed E-state index contributed by atoms with van der Waals surface area (Å²) in [7, 11) is 0. The van der Waals surface area contributed by atoms with Crippen LogP contribution in [-0.4, -0.2) is 15.1 Å². The Labute approximate surface area is 150 Å². The first-order chi connectivity index (χ1) is 12.6. The summed E-state index contributed by atoms with van der Waals surface area (Å²) in [5, 5.41) is 17.1. The van der Waals surface area contributed by atoms with E-state index in [1.165, 1.54) is 17.2 Å². The molecular formula is C20H17FN4O. The van der Waals surface area contributed by atoms with Crippen LogP contribution in [0.2, 0.25) is 0 Å². The van der Waals surface area contributed by atoms with Gasteiger partial charge in [-0.05, 0) is 29.7 Å². The molecule has 2 aromatic carbocycles. The van der Waals surface area contributed by atoms with E-state index in [0.29, 0.717) is 36.0 Å². The summed E-state index contributed by atoms with van der Waals surface area (Å²) in [5.74, 6) is 0.692. The second-order valence-electron chi connectivity index (χ2n) is 6.47. The average molecular weight is 348 g/mol. The van der Waals surface area contributed by atoms with Crippen molar-refractivity contribution in [1.82, 2.24) is 15.1 Å². The van der Waals surface area contributed by atoms with Gasteiger partial charge in [0.25, 0.3) is 0 Å². The molecule has 5 nitrogen and oxygen atoms in total. The van der Waals surface area contributed by atoms with Gasteiger partial charge in [0, 0.05) is 25.6 Å². The van der Waals surface area contributed by atoms with Crippen LogP contribution in [-0.2, 0) is 19.5 Å². The Balaban J connectivity index is 1.68. The molecule has 1 aromatic heterocycles. The molecule has 6 heteroatoms. The van der Waals surface area contributed by atoms with Gasteiger partial charge in [0.05, 0.1) is 17.7 Å². The Hall–Kier alpha value is -3.04. The van der Waals surface area contributed by atoms with Crippen molar-refractivity contribution in [3.05, 3.63) is 82.3 Å². The Morgan fingerprint density at radius 2 is 2.04 bits per heavy atom. The van der Waals surface area contributed by atoms with E-state index < -0.39 is 0 Å². The number of fused-ring (bicyclic) bond motifs is 1. The molecule has 0 spiro atoms. The Bertz CT molecular complexity index is 991. The molecule has 26 heavy (non-hydrogen) atoms. The third-order valence-corrected chi connectivity index (χ3v) is 4.73. The van der Waals surface area contributed by atoms with Crippen LogP contribution in [0.3, 0.4) is 0 Å². The van der Waals surface area contributed by atoms with E-state index in [4.69, 9.17) is 9.68 Å². The van der Waals surface area contributed by atoms with Crippen molar-refractivity contribution < 1.29 is 8.81 Å². The Morgan fingerprint density at radius 1 is 1.23 bits per heavy atom. The van der Waals surface area contributed by atoms with Crippen LogP contribution in [0.5, 0.6) is 0 Å². The maximum Gasteiger partial charge on any atom is 0.233 e. The highest BCUT2D eigenvalue weighted by Crippen LogP contribution is 2.34. The number of halogens is 1. The van der Waals surface area contributed by atoms with Gasteiger partial charge >= 0.3 is 0 Å². The zero-order valence-corrected chi connectivity index (χ0v) is 14.3. The van der Waals surface area contributed by atoms with Crippen molar-refractivity contribution in [3.63, 3.8) is 0 Å². The van der Waals surface area contributed by atoms with Crippen molar-refractivity contribution >= 4 is 0 Å². The first kappa shape index (κ1) is 16.4. The van der Waals surface area contributed by atoms with Crippen LogP contribution in [0.4, 0.5) is 4.39 Å². The van der Waals surface area contributed by atoms with Gasteiger partial charge in [-0.15, -0.1) is 10.2 Å². The highest BCUT2D eigenvalue weighted by atomic mass is 19.1. The largest absolute Gasteiger partial charge is 0.424 e. The lowest BCUT2D eigenvalue weighted by Crippen LogP contribution is -2.34. The molecule has 130 valence electrons. The van der Waals surface area contributed by atoms with Crippen molar-refractivity contribution in [1.29, 1.82) is 5.26 Å². The summed E-state index contributed by atoms with van der Waals surface area (Å²) in [4.78, 5) is 2.14. The zero-order valence-electron chi connectivity index (χ0n) is 14.3. The third kappa shape index (κ3) is 3.09. The van der Waals surface area contributed by atoms with Crippen molar-refractivity contribution in [3.8, 4) is 6.07 Å². The Morgan fingerprint density at radius 3 is 2.73 bits per heavy atom. The smallest absolute Gasteiger partial charge is 0.233 e. The minimum Gasteiger partial charge on any atom is -0.424 e. The van der Waals surface area contributed by atoms with Crippen LogP contribution in [0.1, 0.15) is 40.1 Å². The van der Waals surface area contributed by atoms with Crippen LogP contribution >= 0.6 is 0 Å². The maximum atomic E-state index is 14.4. The second-order valence-corrected chi connectivity index (χ2v) is 6.47. The maximum absolute atomic E-state index is 14.4.